The zero-order valence-electron chi connectivity index (χ0n) is 6.81. The lowest BCUT2D eigenvalue weighted by Gasteiger charge is -2.05. The Morgan fingerprint density at radius 2 is 1.45 bits per heavy atom. The van der Waals surface area contributed by atoms with E-state index in [-0.39, 0.29) is 0 Å². The van der Waals surface area contributed by atoms with Crippen molar-refractivity contribution in [1.29, 1.82) is 0 Å². The van der Waals surface area contributed by atoms with Crippen LogP contribution in [0.2, 0.25) is 0 Å². The molecule has 1 saturated heterocycles. The van der Waals surface area contributed by atoms with Crippen LogP contribution < -0.4 is 0 Å². The summed E-state index contributed by atoms with van der Waals surface area (Å²) in [6.07, 6.45) is 11.7. The lowest BCUT2D eigenvalue weighted by atomic mass is 10.1. The van der Waals surface area contributed by atoms with E-state index >= 15 is 0 Å². The summed E-state index contributed by atoms with van der Waals surface area (Å²) >= 11 is 0. The van der Waals surface area contributed by atoms with Crippen LogP contribution in [0.15, 0.2) is 23.7 Å². The van der Waals surface area contributed by atoms with Crippen LogP contribution in [0.25, 0.3) is 0 Å². The van der Waals surface area contributed by atoms with Gasteiger partial charge < -0.3 is 4.74 Å². The van der Waals surface area contributed by atoms with E-state index < -0.39 is 0 Å². The van der Waals surface area contributed by atoms with Crippen LogP contribution in [0.1, 0.15) is 38.5 Å². The molecule has 2 aliphatic rings. The van der Waals surface area contributed by atoms with Gasteiger partial charge in [0.25, 0.3) is 0 Å². The Kier molecular flexibility index (Phi) is 1.97. The second-order valence-corrected chi connectivity index (χ2v) is 3.23. The lowest BCUT2D eigenvalue weighted by molar-refractivity contribution is 0.293. The van der Waals surface area contributed by atoms with E-state index in [2.05, 4.69) is 12.2 Å². The van der Waals surface area contributed by atoms with Gasteiger partial charge in [-0.25, -0.2) is 0 Å². The standard InChI is InChI=1S/C10H14O/c1-2-6-10-8-4-3-7-9(5-1)11-10/h5-6H,1-4,7-8H2. The van der Waals surface area contributed by atoms with Gasteiger partial charge in [0.1, 0.15) is 0 Å². The third-order valence-electron chi connectivity index (χ3n) is 2.27. The maximum Gasteiger partial charge on any atom is 0.0996 e. The molecule has 0 aromatic heterocycles. The summed E-state index contributed by atoms with van der Waals surface area (Å²) in [7, 11) is 0. The second-order valence-electron chi connectivity index (χ2n) is 3.23. The molecule has 2 bridgehead atoms. The van der Waals surface area contributed by atoms with Crippen LogP contribution in [0.4, 0.5) is 0 Å². The topological polar surface area (TPSA) is 9.23 Å². The summed E-state index contributed by atoms with van der Waals surface area (Å²) < 4.78 is 5.69. The molecule has 0 N–H and O–H groups in total. The molecular formula is C10H14O. The third-order valence-corrected chi connectivity index (χ3v) is 2.27. The summed E-state index contributed by atoms with van der Waals surface area (Å²) in [6.45, 7) is 0. The minimum Gasteiger partial charge on any atom is -0.467 e. The first-order valence-electron chi connectivity index (χ1n) is 4.51. The zero-order chi connectivity index (χ0) is 7.52. The molecule has 0 aromatic carbocycles. The summed E-state index contributed by atoms with van der Waals surface area (Å²) in [5.74, 6) is 2.43. The van der Waals surface area contributed by atoms with E-state index in [1.54, 1.807) is 0 Å². The number of hydrogen-bond acceptors (Lipinski definition) is 1. The Bertz CT molecular complexity index is 179. The molecule has 11 heavy (non-hydrogen) atoms. The van der Waals surface area contributed by atoms with Crippen molar-refractivity contribution in [3.05, 3.63) is 23.7 Å². The number of rotatable bonds is 0. The molecule has 0 aromatic rings. The quantitative estimate of drug-likeness (QED) is 0.515. The molecule has 1 heteroatoms. The highest BCUT2D eigenvalue weighted by Crippen LogP contribution is 2.26. The number of hydrogen-bond donors (Lipinski definition) is 0. The summed E-state index contributed by atoms with van der Waals surface area (Å²) in [5, 5.41) is 0. The van der Waals surface area contributed by atoms with Crippen molar-refractivity contribution in [2.75, 3.05) is 0 Å². The molecule has 0 atom stereocenters. The molecule has 1 fully saturated rings. The van der Waals surface area contributed by atoms with Gasteiger partial charge in [0.05, 0.1) is 11.5 Å². The van der Waals surface area contributed by atoms with Crippen molar-refractivity contribution < 1.29 is 4.74 Å². The van der Waals surface area contributed by atoms with E-state index in [0.717, 1.165) is 12.8 Å². The fourth-order valence-electron chi connectivity index (χ4n) is 1.65. The molecule has 1 nitrogen and oxygen atoms in total. The summed E-state index contributed by atoms with van der Waals surface area (Å²) in [4.78, 5) is 0. The zero-order valence-corrected chi connectivity index (χ0v) is 6.81. The average Bonchev–Trinajstić information content (AvgIpc) is 2.36. The van der Waals surface area contributed by atoms with Gasteiger partial charge in [-0.3, -0.25) is 0 Å². The van der Waals surface area contributed by atoms with Gasteiger partial charge in [0.15, 0.2) is 0 Å². The van der Waals surface area contributed by atoms with E-state index in [1.807, 2.05) is 0 Å². The predicted molar refractivity (Wildman–Crippen MR) is 45.0 cm³/mol. The maximum absolute atomic E-state index is 5.69. The van der Waals surface area contributed by atoms with Gasteiger partial charge in [-0.2, -0.15) is 0 Å². The normalized spacial score (nSPS) is 24.0. The molecule has 0 radical (unpaired) electrons. The minimum absolute atomic E-state index is 1.15. The Balaban J connectivity index is 2.18. The number of fused-ring (bicyclic) bond motifs is 2. The van der Waals surface area contributed by atoms with E-state index in [9.17, 15) is 0 Å². The fourth-order valence-corrected chi connectivity index (χ4v) is 1.65. The van der Waals surface area contributed by atoms with Crippen LogP contribution >= 0.6 is 0 Å². The van der Waals surface area contributed by atoms with Gasteiger partial charge in [-0.15, -0.1) is 0 Å². The lowest BCUT2D eigenvalue weighted by Crippen LogP contribution is -1.86. The number of allylic oxidation sites excluding steroid dienone is 4. The summed E-state index contributed by atoms with van der Waals surface area (Å²) in [5.41, 5.74) is 0. The molecule has 0 aliphatic carbocycles. The van der Waals surface area contributed by atoms with Crippen molar-refractivity contribution in [2.24, 2.45) is 0 Å². The Morgan fingerprint density at radius 1 is 0.909 bits per heavy atom. The van der Waals surface area contributed by atoms with E-state index in [1.165, 1.54) is 37.2 Å². The highest BCUT2D eigenvalue weighted by molar-refractivity contribution is 5.08. The SMILES string of the molecule is C1=C2CCCCC(=CCC1)O2. The third kappa shape index (κ3) is 1.65. The monoisotopic (exact) mass is 150 g/mol. The van der Waals surface area contributed by atoms with Gasteiger partial charge >= 0.3 is 0 Å². The van der Waals surface area contributed by atoms with Gasteiger partial charge in [-0.1, -0.05) is 0 Å². The first-order chi connectivity index (χ1) is 5.45. The minimum atomic E-state index is 1.15. The van der Waals surface area contributed by atoms with Crippen LogP contribution in [0, 0.1) is 0 Å². The highest BCUT2D eigenvalue weighted by Gasteiger charge is 2.11. The van der Waals surface area contributed by atoms with Crippen LogP contribution in [0.3, 0.4) is 0 Å². The van der Waals surface area contributed by atoms with E-state index in [4.69, 9.17) is 4.74 Å². The first kappa shape index (κ1) is 6.96. The molecule has 0 unspecified atom stereocenters. The number of ether oxygens (including phenoxy) is 1. The van der Waals surface area contributed by atoms with Crippen molar-refractivity contribution in [3.63, 3.8) is 0 Å². The Labute approximate surface area is 67.7 Å². The predicted octanol–water partition coefficient (Wildman–Crippen LogP) is 3.14. The smallest absolute Gasteiger partial charge is 0.0996 e. The van der Waals surface area contributed by atoms with Crippen LogP contribution in [0.5, 0.6) is 0 Å². The average molecular weight is 150 g/mol. The van der Waals surface area contributed by atoms with Crippen LogP contribution in [-0.2, 0) is 4.74 Å². The molecule has 60 valence electrons. The van der Waals surface area contributed by atoms with Crippen molar-refractivity contribution in [1.82, 2.24) is 0 Å². The molecule has 2 rings (SSSR count). The largest absolute Gasteiger partial charge is 0.467 e. The van der Waals surface area contributed by atoms with Crippen molar-refractivity contribution >= 4 is 0 Å². The Morgan fingerprint density at radius 3 is 2.00 bits per heavy atom. The molecule has 0 amide bonds. The van der Waals surface area contributed by atoms with Gasteiger partial charge in [0, 0.05) is 12.8 Å². The highest BCUT2D eigenvalue weighted by atomic mass is 16.5. The van der Waals surface area contributed by atoms with Gasteiger partial charge in [0.2, 0.25) is 0 Å². The van der Waals surface area contributed by atoms with Crippen LogP contribution in [-0.4, -0.2) is 0 Å². The second kappa shape index (κ2) is 3.12. The van der Waals surface area contributed by atoms with E-state index in [0.29, 0.717) is 0 Å². The molecule has 2 heterocycles. The van der Waals surface area contributed by atoms with Crippen molar-refractivity contribution in [3.8, 4) is 0 Å². The maximum atomic E-state index is 5.69. The summed E-state index contributed by atoms with van der Waals surface area (Å²) in [6, 6.07) is 0. The van der Waals surface area contributed by atoms with Gasteiger partial charge in [-0.05, 0) is 37.8 Å². The molecular weight excluding hydrogens is 136 g/mol. The Hall–Kier alpha value is -0.720. The van der Waals surface area contributed by atoms with Crippen molar-refractivity contribution in [2.45, 2.75) is 38.5 Å². The fraction of sp³-hybridized carbons (Fsp3) is 0.600. The molecule has 0 saturated carbocycles. The first-order valence-corrected chi connectivity index (χ1v) is 4.51. The molecule has 2 aliphatic heterocycles. The molecule has 0 spiro atoms.